The number of carbonyl (C=O) groups excluding carboxylic acids is 1. The van der Waals surface area contributed by atoms with Gasteiger partial charge in [0.1, 0.15) is 0 Å². The molecule has 0 spiro atoms. The van der Waals surface area contributed by atoms with Crippen LogP contribution in [0.15, 0.2) is 53.4 Å². The van der Waals surface area contributed by atoms with E-state index in [9.17, 15) is 13.2 Å². The number of anilines is 1. The maximum absolute atomic E-state index is 13.0. The summed E-state index contributed by atoms with van der Waals surface area (Å²) in [6.45, 7) is 3.58. The van der Waals surface area contributed by atoms with Gasteiger partial charge in [0.25, 0.3) is 0 Å². The van der Waals surface area contributed by atoms with E-state index in [1.165, 1.54) is 0 Å². The van der Waals surface area contributed by atoms with Gasteiger partial charge in [-0.1, -0.05) is 36.6 Å². The van der Waals surface area contributed by atoms with Crippen LogP contribution in [0.4, 0.5) is 5.69 Å². The summed E-state index contributed by atoms with van der Waals surface area (Å²) in [5.41, 5.74) is 1.77. The quantitative estimate of drug-likeness (QED) is 0.635. The predicted octanol–water partition coefficient (Wildman–Crippen LogP) is 4.76. The van der Waals surface area contributed by atoms with Crippen molar-refractivity contribution < 1.29 is 13.2 Å². The van der Waals surface area contributed by atoms with E-state index in [0.717, 1.165) is 62.2 Å². The fourth-order valence-corrected chi connectivity index (χ4v) is 6.42. The van der Waals surface area contributed by atoms with Crippen molar-refractivity contribution in [2.24, 2.45) is 5.92 Å². The average Bonchev–Trinajstić information content (AvgIpc) is 3.10. The van der Waals surface area contributed by atoms with Gasteiger partial charge in [-0.15, -0.1) is 0 Å². The van der Waals surface area contributed by atoms with Crippen LogP contribution in [-0.2, 0) is 21.4 Å². The van der Waals surface area contributed by atoms with Crippen molar-refractivity contribution in [1.82, 2.24) is 9.21 Å². The molecule has 2 aromatic rings. The second-order valence-electron chi connectivity index (χ2n) is 9.04. The maximum Gasteiger partial charge on any atom is 0.243 e. The first kappa shape index (κ1) is 24.2. The lowest BCUT2D eigenvalue weighted by Crippen LogP contribution is -2.40. The zero-order chi connectivity index (χ0) is 23.3. The summed E-state index contributed by atoms with van der Waals surface area (Å²) in [5, 5.41) is 3.70. The van der Waals surface area contributed by atoms with Crippen molar-refractivity contribution in [3.8, 4) is 0 Å². The molecular formula is C25H32ClN3O3S. The van der Waals surface area contributed by atoms with E-state index in [4.69, 9.17) is 11.6 Å². The van der Waals surface area contributed by atoms with Crippen LogP contribution in [0.2, 0.25) is 5.02 Å². The fraction of sp³-hybridized carbons (Fsp3) is 0.480. The van der Waals surface area contributed by atoms with Gasteiger partial charge in [0, 0.05) is 36.9 Å². The summed E-state index contributed by atoms with van der Waals surface area (Å²) in [7, 11) is -3.49. The van der Waals surface area contributed by atoms with E-state index >= 15 is 0 Å². The Hall–Kier alpha value is -1.93. The molecule has 2 heterocycles. The molecule has 2 saturated heterocycles. The standard InChI is InChI=1S/C25H32ClN3O3S/c26-22-9-5-7-20(17-22)18-28-14-6-8-21(19-28)25(30)27-23-10-12-24(13-11-23)33(31,32)29-15-3-1-2-4-16-29/h5,7,9-13,17,21H,1-4,6,8,14-16,18-19H2,(H,27,30). The molecule has 0 bridgehead atoms. The fourth-order valence-electron chi connectivity index (χ4n) is 4.69. The lowest BCUT2D eigenvalue weighted by Gasteiger charge is -2.32. The van der Waals surface area contributed by atoms with Crippen LogP contribution in [0.25, 0.3) is 0 Å². The highest BCUT2D eigenvalue weighted by Crippen LogP contribution is 2.24. The molecule has 0 radical (unpaired) electrons. The minimum atomic E-state index is -3.49. The van der Waals surface area contributed by atoms with E-state index in [1.54, 1.807) is 28.6 Å². The van der Waals surface area contributed by atoms with Crippen molar-refractivity contribution >= 4 is 33.2 Å². The minimum absolute atomic E-state index is 0.0195. The Morgan fingerprint density at radius 1 is 0.970 bits per heavy atom. The van der Waals surface area contributed by atoms with Crippen molar-refractivity contribution in [2.75, 3.05) is 31.5 Å². The number of amides is 1. The van der Waals surface area contributed by atoms with Gasteiger partial charge in [-0.2, -0.15) is 4.31 Å². The van der Waals surface area contributed by atoms with E-state index in [1.807, 2.05) is 18.2 Å². The third-order valence-corrected chi connectivity index (χ3v) is 8.64. The number of sulfonamides is 1. The molecule has 6 nitrogen and oxygen atoms in total. The van der Waals surface area contributed by atoms with E-state index in [2.05, 4.69) is 16.3 Å². The van der Waals surface area contributed by atoms with Crippen LogP contribution < -0.4 is 5.32 Å². The molecule has 2 aliphatic rings. The normalized spacial score (nSPS) is 20.8. The summed E-state index contributed by atoms with van der Waals surface area (Å²) < 4.78 is 27.5. The van der Waals surface area contributed by atoms with E-state index in [0.29, 0.717) is 25.3 Å². The number of benzene rings is 2. The Balaban J connectivity index is 1.35. The van der Waals surface area contributed by atoms with Crippen LogP contribution >= 0.6 is 11.6 Å². The van der Waals surface area contributed by atoms with E-state index < -0.39 is 10.0 Å². The number of likely N-dealkylation sites (tertiary alicyclic amines) is 1. The Kier molecular flexibility index (Phi) is 8.07. The lowest BCUT2D eigenvalue weighted by atomic mass is 9.96. The summed E-state index contributed by atoms with van der Waals surface area (Å²) in [6, 6.07) is 14.4. The highest BCUT2D eigenvalue weighted by Gasteiger charge is 2.27. The van der Waals surface area contributed by atoms with Gasteiger partial charge < -0.3 is 5.32 Å². The van der Waals surface area contributed by atoms with E-state index in [-0.39, 0.29) is 16.7 Å². The number of carbonyl (C=O) groups is 1. The molecule has 2 aromatic carbocycles. The molecule has 0 saturated carbocycles. The average molecular weight is 490 g/mol. The second kappa shape index (κ2) is 11.0. The molecule has 1 unspecified atom stereocenters. The number of hydrogen-bond acceptors (Lipinski definition) is 4. The third kappa shape index (κ3) is 6.35. The van der Waals surface area contributed by atoms with Crippen molar-refractivity contribution in [1.29, 1.82) is 0 Å². The van der Waals surface area contributed by atoms with Gasteiger partial charge in [0.05, 0.1) is 10.8 Å². The van der Waals surface area contributed by atoms with Gasteiger partial charge in [-0.25, -0.2) is 8.42 Å². The summed E-state index contributed by atoms with van der Waals surface area (Å²) in [5.74, 6) is -0.118. The largest absolute Gasteiger partial charge is 0.326 e. The summed E-state index contributed by atoms with van der Waals surface area (Å²) in [4.78, 5) is 15.5. The Morgan fingerprint density at radius 2 is 1.70 bits per heavy atom. The monoisotopic (exact) mass is 489 g/mol. The van der Waals surface area contributed by atoms with Gasteiger partial charge in [0.2, 0.25) is 15.9 Å². The lowest BCUT2D eigenvalue weighted by molar-refractivity contribution is -0.121. The summed E-state index contributed by atoms with van der Waals surface area (Å²) in [6.07, 6.45) is 5.78. The number of rotatable bonds is 6. The Labute approximate surface area is 202 Å². The molecule has 33 heavy (non-hydrogen) atoms. The first-order valence-electron chi connectivity index (χ1n) is 11.8. The number of halogens is 1. The molecule has 4 rings (SSSR count). The van der Waals surface area contributed by atoms with Crippen LogP contribution in [0.1, 0.15) is 44.1 Å². The molecule has 1 amide bonds. The SMILES string of the molecule is O=C(Nc1ccc(S(=O)(=O)N2CCCCCC2)cc1)C1CCCN(Cc2cccc(Cl)c2)C1. The Bertz CT molecular complexity index is 1050. The number of piperidine rings is 1. The number of nitrogens with one attached hydrogen (secondary N) is 1. The molecule has 1 N–H and O–H groups in total. The zero-order valence-electron chi connectivity index (χ0n) is 18.9. The summed E-state index contributed by atoms with van der Waals surface area (Å²) >= 11 is 6.10. The van der Waals surface area contributed by atoms with Crippen molar-refractivity contribution in [2.45, 2.75) is 50.0 Å². The van der Waals surface area contributed by atoms with Crippen LogP contribution in [0.5, 0.6) is 0 Å². The molecule has 2 aliphatic heterocycles. The second-order valence-corrected chi connectivity index (χ2v) is 11.4. The third-order valence-electron chi connectivity index (χ3n) is 6.50. The highest BCUT2D eigenvalue weighted by atomic mass is 35.5. The minimum Gasteiger partial charge on any atom is -0.326 e. The van der Waals surface area contributed by atoms with Crippen LogP contribution in [0, 0.1) is 5.92 Å². The van der Waals surface area contributed by atoms with Gasteiger partial charge >= 0.3 is 0 Å². The molecule has 8 heteroatoms. The van der Waals surface area contributed by atoms with Crippen LogP contribution in [-0.4, -0.2) is 49.7 Å². The highest BCUT2D eigenvalue weighted by molar-refractivity contribution is 7.89. The predicted molar refractivity (Wildman–Crippen MR) is 132 cm³/mol. The molecule has 2 fully saturated rings. The molecule has 1 atom stereocenters. The Morgan fingerprint density at radius 3 is 2.39 bits per heavy atom. The zero-order valence-corrected chi connectivity index (χ0v) is 20.5. The maximum atomic E-state index is 13.0. The first-order valence-corrected chi connectivity index (χ1v) is 13.6. The number of hydrogen-bond donors (Lipinski definition) is 1. The molecule has 0 aliphatic carbocycles. The first-order chi connectivity index (χ1) is 15.9. The van der Waals surface area contributed by atoms with Gasteiger partial charge in [-0.05, 0) is 74.2 Å². The molecule has 0 aromatic heterocycles. The van der Waals surface area contributed by atoms with Crippen LogP contribution in [0.3, 0.4) is 0 Å². The smallest absolute Gasteiger partial charge is 0.243 e. The van der Waals surface area contributed by atoms with Crippen molar-refractivity contribution in [3.05, 3.63) is 59.1 Å². The number of nitrogens with zero attached hydrogens (tertiary/aromatic N) is 2. The van der Waals surface area contributed by atoms with Crippen molar-refractivity contribution in [3.63, 3.8) is 0 Å². The molecule has 178 valence electrons. The van der Waals surface area contributed by atoms with Gasteiger partial charge in [-0.3, -0.25) is 9.69 Å². The molecular weight excluding hydrogens is 458 g/mol. The topological polar surface area (TPSA) is 69.7 Å². The van der Waals surface area contributed by atoms with Gasteiger partial charge in [0.15, 0.2) is 0 Å².